The molecule has 0 atom stereocenters. The highest BCUT2D eigenvalue weighted by molar-refractivity contribution is 7.14. The van der Waals surface area contributed by atoms with Crippen LogP contribution in [0.2, 0.25) is 0 Å². The van der Waals surface area contributed by atoms with Gasteiger partial charge in [-0.25, -0.2) is 0 Å². The predicted molar refractivity (Wildman–Crippen MR) is 102 cm³/mol. The maximum atomic E-state index is 4.56. The summed E-state index contributed by atoms with van der Waals surface area (Å²) in [6.07, 6.45) is 0.858. The molecule has 2 aromatic carbocycles. The van der Waals surface area contributed by atoms with E-state index in [4.69, 9.17) is 0 Å². The van der Waals surface area contributed by atoms with Crippen LogP contribution >= 0.6 is 11.3 Å². The van der Waals surface area contributed by atoms with Gasteiger partial charge < -0.3 is 4.57 Å². The molecule has 0 fully saturated rings. The lowest BCUT2D eigenvalue weighted by molar-refractivity contribution is 0.968. The lowest BCUT2D eigenvalue weighted by atomic mass is 10.1. The number of nitrogens with zero attached hydrogens (tertiary/aromatic N) is 5. The van der Waals surface area contributed by atoms with Crippen LogP contribution in [0.1, 0.15) is 11.9 Å². The molecular formula is C19H17N5S. The first-order chi connectivity index (χ1) is 12.3. The second-order valence-electron chi connectivity index (χ2n) is 5.67. The van der Waals surface area contributed by atoms with Crippen LogP contribution in [0.25, 0.3) is 22.2 Å². The molecule has 2 heterocycles. The maximum Gasteiger partial charge on any atom is 0.251 e. The molecule has 0 unspecified atom stereocenters. The van der Waals surface area contributed by atoms with Gasteiger partial charge in [0.15, 0.2) is 0 Å². The van der Waals surface area contributed by atoms with Gasteiger partial charge in [-0.15, -0.1) is 20.4 Å². The SMILES string of the molecule is CCc1nnc(N=Nc2c(-c3ccccc3)n(C)c3ccccc23)s1. The third kappa shape index (κ3) is 2.85. The maximum absolute atomic E-state index is 4.56. The van der Waals surface area contributed by atoms with E-state index in [1.54, 1.807) is 0 Å². The molecule has 0 amide bonds. The number of benzene rings is 2. The molecule has 0 aliphatic heterocycles. The van der Waals surface area contributed by atoms with E-state index in [0.29, 0.717) is 5.13 Å². The second kappa shape index (κ2) is 6.57. The molecule has 0 aliphatic carbocycles. The Morgan fingerprint density at radius 2 is 1.72 bits per heavy atom. The molecule has 0 saturated carbocycles. The molecule has 0 radical (unpaired) electrons. The van der Waals surface area contributed by atoms with Crippen molar-refractivity contribution in [3.63, 3.8) is 0 Å². The highest BCUT2D eigenvalue weighted by atomic mass is 32.1. The van der Waals surface area contributed by atoms with Gasteiger partial charge in [-0.3, -0.25) is 0 Å². The Bertz CT molecular complexity index is 1050. The fourth-order valence-electron chi connectivity index (χ4n) is 2.92. The number of para-hydroxylation sites is 1. The summed E-state index contributed by atoms with van der Waals surface area (Å²) < 4.78 is 2.16. The van der Waals surface area contributed by atoms with Gasteiger partial charge in [0.05, 0.1) is 11.2 Å². The number of hydrogen-bond acceptors (Lipinski definition) is 5. The Kier molecular flexibility index (Phi) is 4.11. The van der Waals surface area contributed by atoms with Crippen molar-refractivity contribution < 1.29 is 0 Å². The molecule has 25 heavy (non-hydrogen) atoms. The molecular weight excluding hydrogens is 330 g/mol. The van der Waals surface area contributed by atoms with Crippen LogP contribution in [0.5, 0.6) is 0 Å². The molecule has 6 heteroatoms. The molecule has 4 aromatic rings. The van der Waals surface area contributed by atoms with Crippen molar-refractivity contribution in [3.8, 4) is 11.3 Å². The van der Waals surface area contributed by atoms with E-state index >= 15 is 0 Å². The lowest BCUT2D eigenvalue weighted by Gasteiger charge is -2.05. The van der Waals surface area contributed by atoms with Crippen molar-refractivity contribution in [1.82, 2.24) is 14.8 Å². The van der Waals surface area contributed by atoms with E-state index in [2.05, 4.69) is 63.2 Å². The van der Waals surface area contributed by atoms with Crippen LogP contribution < -0.4 is 0 Å². The van der Waals surface area contributed by atoms with Crippen LogP contribution in [-0.4, -0.2) is 14.8 Å². The Labute approximate surface area is 149 Å². The fraction of sp³-hybridized carbons (Fsp3) is 0.158. The molecule has 0 spiro atoms. The van der Waals surface area contributed by atoms with Crippen molar-refractivity contribution >= 4 is 33.1 Å². The van der Waals surface area contributed by atoms with Crippen LogP contribution in [0.4, 0.5) is 10.8 Å². The quantitative estimate of drug-likeness (QED) is 0.446. The molecule has 2 aromatic heterocycles. The minimum atomic E-state index is 0.587. The minimum absolute atomic E-state index is 0.587. The van der Waals surface area contributed by atoms with Crippen molar-refractivity contribution in [3.05, 3.63) is 59.6 Å². The number of hydrogen-bond donors (Lipinski definition) is 0. The van der Waals surface area contributed by atoms with E-state index in [9.17, 15) is 0 Å². The van der Waals surface area contributed by atoms with Gasteiger partial charge in [0.25, 0.3) is 5.13 Å². The molecule has 0 aliphatic rings. The first-order valence-corrected chi connectivity index (χ1v) is 8.96. The van der Waals surface area contributed by atoms with Crippen LogP contribution in [0.3, 0.4) is 0 Å². The number of fused-ring (bicyclic) bond motifs is 1. The van der Waals surface area contributed by atoms with E-state index in [0.717, 1.165) is 39.3 Å². The van der Waals surface area contributed by atoms with Crippen LogP contribution in [0.15, 0.2) is 64.8 Å². The number of azo groups is 1. The summed E-state index contributed by atoms with van der Waals surface area (Å²) in [5, 5.41) is 19.7. The highest BCUT2D eigenvalue weighted by Crippen LogP contribution is 2.40. The summed E-state index contributed by atoms with van der Waals surface area (Å²) in [4.78, 5) is 0. The van der Waals surface area contributed by atoms with Crippen molar-refractivity contribution in [1.29, 1.82) is 0 Å². The first-order valence-electron chi connectivity index (χ1n) is 8.15. The molecule has 0 N–H and O–H groups in total. The summed E-state index contributed by atoms with van der Waals surface area (Å²) >= 11 is 1.48. The number of rotatable bonds is 4. The lowest BCUT2D eigenvalue weighted by Crippen LogP contribution is -1.90. The normalized spacial score (nSPS) is 11.6. The van der Waals surface area contributed by atoms with Gasteiger partial charge in [-0.05, 0) is 12.5 Å². The van der Waals surface area contributed by atoms with Crippen LogP contribution in [-0.2, 0) is 13.5 Å². The Morgan fingerprint density at radius 3 is 2.48 bits per heavy atom. The molecule has 0 saturated heterocycles. The third-order valence-electron chi connectivity index (χ3n) is 4.12. The van der Waals surface area contributed by atoms with E-state index < -0.39 is 0 Å². The van der Waals surface area contributed by atoms with Crippen molar-refractivity contribution in [2.45, 2.75) is 13.3 Å². The standard InChI is InChI=1S/C19H17N5S/c1-3-16-20-22-19(25-16)23-21-17-14-11-7-8-12-15(14)24(2)18(17)13-9-5-4-6-10-13/h4-12H,3H2,1-2H3. The van der Waals surface area contributed by atoms with Gasteiger partial charge in [0.2, 0.25) is 0 Å². The van der Waals surface area contributed by atoms with Gasteiger partial charge >= 0.3 is 0 Å². The summed E-state index contributed by atoms with van der Waals surface area (Å²) in [6.45, 7) is 2.06. The first kappa shape index (κ1) is 15.7. The molecule has 5 nitrogen and oxygen atoms in total. The predicted octanol–water partition coefficient (Wildman–Crippen LogP) is 5.67. The smallest absolute Gasteiger partial charge is 0.251 e. The second-order valence-corrected chi connectivity index (χ2v) is 6.71. The van der Waals surface area contributed by atoms with E-state index in [1.165, 1.54) is 11.3 Å². The Hall–Kier alpha value is -2.86. The van der Waals surface area contributed by atoms with Crippen LogP contribution in [0, 0.1) is 0 Å². The van der Waals surface area contributed by atoms with Gasteiger partial charge in [-0.1, -0.05) is 66.8 Å². The average Bonchev–Trinajstić information content (AvgIpc) is 3.23. The zero-order valence-electron chi connectivity index (χ0n) is 14.0. The molecule has 4 rings (SSSR count). The van der Waals surface area contributed by atoms with Crippen molar-refractivity contribution in [2.24, 2.45) is 17.3 Å². The molecule has 0 bridgehead atoms. The van der Waals surface area contributed by atoms with Gasteiger partial charge in [0, 0.05) is 18.0 Å². The summed E-state index contributed by atoms with van der Waals surface area (Å²) in [5.41, 5.74) is 4.15. The summed E-state index contributed by atoms with van der Waals surface area (Å²) in [6, 6.07) is 18.5. The minimum Gasteiger partial charge on any atom is -0.342 e. The van der Waals surface area contributed by atoms with Gasteiger partial charge in [-0.2, -0.15) is 0 Å². The summed E-state index contributed by atoms with van der Waals surface area (Å²) in [7, 11) is 2.06. The highest BCUT2D eigenvalue weighted by Gasteiger charge is 2.16. The zero-order valence-corrected chi connectivity index (χ0v) is 14.9. The Balaban J connectivity index is 1.89. The fourth-order valence-corrected chi connectivity index (χ4v) is 3.52. The number of aromatic nitrogens is 3. The average molecular weight is 347 g/mol. The topological polar surface area (TPSA) is 55.4 Å². The van der Waals surface area contributed by atoms with Crippen molar-refractivity contribution in [2.75, 3.05) is 0 Å². The number of aryl methyl sites for hydroxylation is 2. The van der Waals surface area contributed by atoms with E-state index in [1.807, 2.05) is 30.3 Å². The third-order valence-corrected chi connectivity index (χ3v) is 5.07. The van der Waals surface area contributed by atoms with Gasteiger partial charge in [0.1, 0.15) is 10.7 Å². The van der Waals surface area contributed by atoms with E-state index in [-0.39, 0.29) is 0 Å². The largest absolute Gasteiger partial charge is 0.342 e. The monoisotopic (exact) mass is 347 g/mol. The summed E-state index contributed by atoms with van der Waals surface area (Å²) in [5.74, 6) is 0. The molecule has 124 valence electrons. The Morgan fingerprint density at radius 1 is 0.960 bits per heavy atom. The zero-order chi connectivity index (χ0) is 17.2.